The third-order valence-corrected chi connectivity index (χ3v) is 4.40. The summed E-state index contributed by atoms with van der Waals surface area (Å²) in [5.74, 6) is 0.00145. The molecule has 0 radical (unpaired) electrons. The summed E-state index contributed by atoms with van der Waals surface area (Å²) in [6.45, 7) is 4.04. The molecule has 6 heteroatoms. The summed E-state index contributed by atoms with van der Waals surface area (Å²) in [7, 11) is 0. The van der Waals surface area contributed by atoms with Crippen LogP contribution < -0.4 is 15.8 Å². The fraction of sp³-hybridized carbons (Fsp3) is 0.389. The molecule has 0 spiro atoms. The van der Waals surface area contributed by atoms with E-state index in [9.17, 15) is 9.59 Å². The molecule has 1 aromatic heterocycles. The van der Waals surface area contributed by atoms with E-state index in [1.807, 2.05) is 31.2 Å². The lowest BCUT2D eigenvalue weighted by atomic mass is 9.96. The van der Waals surface area contributed by atoms with Crippen LogP contribution in [0.4, 0.5) is 5.69 Å². The summed E-state index contributed by atoms with van der Waals surface area (Å²) in [6, 6.07) is 9.68. The quantitative estimate of drug-likeness (QED) is 0.895. The first-order valence-corrected chi connectivity index (χ1v) is 8.25. The molecule has 1 atom stereocenters. The summed E-state index contributed by atoms with van der Waals surface area (Å²) in [5, 5.41) is 9.23. The van der Waals surface area contributed by atoms with Crippen molar-refractivity contribution in [3.05, 3.63) is 58.0 Å². The van der Waals surface area contributed by atoms with E-state index in [0.29, 0.717) is 13.1 Å². The van der Waals surface area contributed by atoms with Crippen molar-refractivity contribution in [2.24, 2.45) is 5.92 Å². The molecule has 2 heterocycles. The number of nitrogens with zero attached hydrogens (tertiary/aromatic N) is 2. The molecule has 1 saturated heterocycles. The number of aromatic nitrogens is 2. The first-order chi connectivity index (χ1) is 11.6. The molecule has 2 aromatic rings. The van der Waals surface area contributed by atoms with Gasteiger partial charge in [-0.2, -0.15) is 5.10 Å². The fourth-order valence-electron chi connectivity index (χ4n) is 3.00. The van der Waals surface area contributed by atoms with Crippen LogP contribution in [0, 0.1) is 12.8 Å². The van der Waals surface area contributed by atoms with Gasteiger partial charge in [-0.05, 0) is 25.3 Å². The Balaban J connectivity index is 1.58. The average Bonchev–Trinajstić information content (AvgIpc) is 2.61. The van der Waals surface area contributed by atoms with Crippen LogP contribution >= 0.6 is 0 Å². The molecule has 3 rings (SSSR count). The molecule has 1 fully saturated rings. The molecule has 2 N–H and O–H groups in total. The van der Waals surface area contributed by atoms with Crippen molar-refractivity contribution in [1.82, 2.24) is 15.5 Å². The van der Waals surface area contributed by atoms with Crippen LogP contribution in [0.1, 0.15) is 24.0 Å². The molecule has 24 heavy (non-hydrogen) atoms. The summed E-state index contributed by atoms with van der Waals surface area (Å²) in [5.41, 5.74) is 2.85. The predicted octanol–water partition coefficient (Wildman–Crippen LogP) is 1.61. The maximum Gasteiger partial charge on any atom is 0.266 e. The van der Waals surface area contributed by atoms with E-state index in [4.69, 9.17) is 0 Å². The molecule has 126 valence electrons. The van der Waals surface area contributed by atoms with Gasteiger partial charge >= 0.3 is 0 Å². The van der Waals surface area contributed by atoms with Crippen LogP contribution in [-0.2, 0) is 11.3 Å². The largest absolute Gasteiger partial charge is 0.369 e. The lowest BCUT2D eigenvalue weighted by Crippen LogP contribution is -2.43. The molecule has 1 aliphatic heterocycles. The third-order valence-electron chi connectivity index (χ3n) is 4.40. The second-order valence-corrected chi connectivity index (χ2v) is 6.29. The summed E-state index contributed by atoms with van der Waals surface area (Å²) in [4.78, 5) is 25.9. The number of carbonyl (C=O) groups excluding carboxylic acids is 1. The Labute approximate surface area is 140 Å². The van der Waals surface area contributed by atoms with E-state index in [-0.39, 0.29) is 17.4 Å². The third kappa shape index (κ3) is 4.01. The number of benzene rings is 1. The highest BCUT2D eigenvalue weighted by Gasteiger charge is 2.26. The molecular weight excluding hydrogens is 304 g/mol. The van der Waals surface area contributed by atoms with Crippen LogP contribution in [0.5, 0.6) is 0 Å². The van der Waals surface area contributed by atoms with Crippen molar-refractivity contribution in [1.29, 1.82) is 0 Å². The Bertz CT molecular complexity index is 754. The Hall–Kier alpha value is -2.63. The molecule has 1 unspecified atom stereocenters. The zero-order valence-electron chi connectivity index (χ0n) is 13.8. The number of carbonyl (C=O) groups is 1. The van der Waals surface area contributed by atoms with Crippen LogP contribution in [0.3, 0.4) is 0 Å². The number of anilines is 1. The number of nitrogens with one attached hydrogen (secondary N) is 2. The minimum atomic E-state index is -0.224. The second kappa shape index (κ2) is 7.29. The summed E-state index contributed by atoms with van der Waals surface area (Å²) in [6.07, 6.45) is 3.43. The van der Waals surface area contributed by atoms with Crippen molar-refractivity contribution < 1.29 is 4.79 Å². The average molecular weight is 326 g/mol. The van der Waals surface area contributed by atoms with Crippen LogP contribution in [-0.4, -0.2) is 29.2 Å². The lowest BCUT2D eigenvalue weighted by Gasteiger charge is -2.33. The number of aromatic amines is 1. The van der Waals surface area contributed by atoms with Gasteiger partial charge in [0.25, 0.3) is 5.56 Å². The lowest BCUT2D eigenvalue weighted by molar-refractivity contribution is -0.125. The van der Waals surface area contributed by atoms with Crippen molar-refractivity contribution in [3.8, 4) is 0 Å². The van der Waals surface area contributed by atoms with E-state index >= 15 is 0 Å². The zero-order valence-corrected chi connectivity index (χ0v) is 13.8. The molecule has 0 saturated carbocycles. The van der Waals surface area contributed by atoms with Gasteiger partial charge in [0.15, 0.2) is 0 Å². The normalized spacial score (nSPS) is 17.5. The van der Waals surface area contributed by atoms with Gasteiger partial charge in [0, 0.05) is 25.7 Å². The van der Waals surface area contributed by atoms with Gasteiger partial charge in [0.2, 0.25) is 5.91 Å². The molecule has 1 amide bonds. The number of piperidine rings is 1. The van der Waals surface area contributed by atoms with Gasteiger partial charge in [-0.15, -0.1) is 0 Å². The first kappa shape index (κ1) is 16.2. The SMILES string of the molecule is Cc1ccc(CNC(=O)C2CCCN(c3cn[nH]c(=O)c3)C2)cc1. The number of aryl methyl sites for hydroxylation is 1. The smallest absolute Gasteiger partial charge is 0.266 e. The van der Waals surface area contributed by atoms with Gasteiger partial charge in [-0.25, -0.2) is 5.10 Å². The second-order valence-electron chi connectivity index (χ2n) is 6.29. The number of H-pyrrole nitrogens is 1. The number of hydrogen-bond donors (Lipinski definition) is 2. The Morgan fingerprint density at radius 1 is 1.38 bits per heavy atom. The van der Waals surface area contributed by atoms with Gasteiger partial charge in [0.05, 0.1) is 17.8 Å². The first-order valence-electron chi connectivity index (χ1n) is 8.25. The van der Waals surface area contributed by atoms with Gasteiger partial charge in [-0.1, -0.05) is 29.8 Å². The fourth-order valence-corrected chi connectivity index (χ4v) is 3.00. The maximum absolute atomic E-state index is 12.5. The highest BCUT2D eigenvalue weighted by Crippen LogP contribution is 2.21. The highest BCUT2D eigenvalue weighted by molar-refractivity contribution is 5.79. The van der Waals surface area contributed by atoms with Crippen LogP contribution in [0.2, 0.25) is 0 Å². The molecule has 1 aliphatic rings. The summed E-state index contributed by atoms with van der Waals surface area (Å²) >= 11 is 0. The standard InChI is InChI=1S/C18H22N4O2/c1-13-4-6-14(7-5-13)10-19-18(24)15-3-2-8-22(12-15)16-9-17(23)21-20-11-16/h4-7,9,11,15H,2-3,8,10,12H2,1H3,(H,19,24)(H,21,23). The van der Waals surface area contributed by atoms with E-state index in [0.717, 1.165) is 30.6 Å². The maximum atomic E-state index is 12.5. The van der Waals surface area contributed by atoms with Crippen molar-refractivity contribution in [3.63, 3.8) is 0 Å². The molecule has 1 aromatic carbocycles. The van der Waals surface area contributed by atoms with Gasteiger partial charge in [0.1, 0.15) is 0 Å². The van der Waals surface area contributed by atoms with E-state index in [2.05, 4.69) is 20.4 Å². The molecule has 6 nitrogen and oxygen atoms in total. The Kier molecular flexibility index (Phi) is 4.93. The summed E-state index contributed by atoms with van der Waals surface area (Å²) < 4.78 is 0. The van der Waals surface area contributed by atoms with E-state index in [1.54, 1.807) is 6.20 Å². The Morgan fingerprint density at radius 2 is 2.17 bits per heavy atom. The molecular formula is C18H22N4O2. The van der Waals surface area contributed by atoms with Gasteiger partial charge < -0.3 is 10.2 Å². The zero-order chi connectivity index (χ0) is 16.9. The van der Waals surface area contributed by atoms with Gasteiger partial charge in [-0.3, -0.25) is 9.59 Å². The van der Waals surface area contributed by atoms with Crippen LogP contribution in [0.15, 0.2) is 41.3 Å². The monoisotopic (exact) mass is 326 g/mol. The molecule has 0 bridgehead atoms. The van der Waals surface area contributed by atoms with Crippen molar-refractivity contribution in [2.75, 3.05) is 18.0 Å². The number of hydrogen-bond acceptors (Lipinski definition) is 4. The minimum Gasteiger partial charge on any atom is -0.369 e. The predicted molar refractivity (Wildman–Crippen MR) is 92.8 cm³/mol. The number of amides is 1. The van der Waals surface area contributed by atoms with E-state index in [1.165, 1.54) is 11.6 Å². The van der Waals surface area contributed by atoms with Crippen LogP contribution in [0.25, 0.3) is 0 Å². The number of rotatable bonds is 4. The topological polar surface area (TPSA) is 78.1 Å². The van der Waals surface area contributed by atoms with E-state index < -0.39 is 0 Å². The Morgan fingerprint density at radius 3 is 2.92 bits per heavy atom. The highest BCUT2D eigenvalue weighted by atomic mass is 16.2. The van der Waals surface area contributed by atoms with Crippen molar-refractivity contribution >= 4 is 11.6 Å². The molecule has 0 aliphatic carbocycles. The van der Waals surface area contributed by atoms with Crippen molar-refractivity contribution in [2.45, 2.75) is 26.3 Å². The minimum absolute atomic E-state index is 0.0662.